The Balaban J connectivity index is 2.48. The third-order valence-corrected chi connectivity index (χ3v) is 3.92. The normalized spacial score (nSPS) is 9.90. The van der Waals surface area contributed by atoms with Gasteiger partial charge in [0.05, 0.1) is 18.4 Å². The molecule has 0 N–H and O–H groups in total. The molecule has 0 saturated heterocycles. The number of anilines is 2. The first-order valence-electron chi connectivity index (χ1n) is 6.16. The maximum absolute atomic E-state index is 9.41. The maximum Gasteiger partial charge on any atom is 0.120 e. The van der Waals surface area contributed by atoms with Crippen molar-refractivity contribution in [2.75, 3.05) is 25.3 Å². The van der Waals surface area contributed by atoms with Gasteiger partial charge in [0, 0.05) is 23.7 Å². The standard InChI is InChI=1S/C16H16N2OS/c1-18(12-6-4-7-13(10-12)19-2)15-8-5-9-16(20-3)14(15)11-17/h4-10H,1-3H3. The van der Waals surface area contributed by atoms with Crippen LogP contribution in [-0.2, 0) is 0 Å². The largest absolute Gasteiger partial charge is 0.497 e. The van der Waals surface area contributed by atoms with E-state index in [1.165, 1.54) is 0 Å². The van der Waals surface area contributed by atoms with Crippen molar-refractivity contribution in [1.29, 1.82) is 5.26 Å². The van der Waals surface area contributed by atoms with Gasteiger partial charge in [0.15, 0.2) is 0 Å². The van der Waals surface area contributed by atoms with Crippen molar-refractivity contribution >= 4 is 23.1 Å². The number of methoxy groups -OCH3 is 1. The van der Waals surface area contributed by atoms with E-state index in [9.17, 15) is 5.26 Å². The number of nitrogens with zero attached hydrogens (tertiary/aromatic N) is 2. The van der Waals surface area contributed by atoms with Gasteiger partial charge in [0.25, 0.3) is 0 Å². The quantitative estimate of drug-likeness (QED) is 0.793. The Bertz CT molecular complexity index is 649. The molecule has 2 rings (SSSR count). The van der Waals surface area contributed by atoms with Crippen molar-refractivity contribution < 1.29 is 4.74 Å². The van der Waals surface area contributed by atoms with E-state index in [1.807, 2.05) is 60.7 Å². The molecular weight excluding hydrogens is 268 g/mol. The summed E-state index contributed by atoms with van der Waals surface area (Å²) in [6, 6.07) is 16.0. The third kappa shape index (κ3) is 2.73. The minimum absolute atomic E-state index is 0.699. The second-order valence-electron chi connectivity index (χ2n) is 4.23. The van der Waals surface area contributed by atoms with E-state index < -0.39 is 0 Å². The Morgan fingerprint density at radius 1 is 1.20 bits per heavy atom. The fourth-order valence-electron chi connectivity index (χ4n) is 2.04. The lowest BCUT2D eigenvalue weighted by Gasteiger charge is -2.22. The van der Waals surface area contributed by atoms with Crippen LogP contribution in [0.4, 0.5) is 11.4 Å². The Hall–Kier alpha value is -2.12. The summed E-state index contributed by atoms with van der Waals surface area (Å²) in [5, 5.41) is 9.41. The summed E-state index contributed by atoms with van der Waals surface area (Å²) in [5.74, 6) is 0.800. The van der Waals surface area contributed by atoms with E-state index in [2.05, 4.69) is 6.07 Å². The Morgan fingerprint density at radius 2 is 1.95 bits per heavy atom. The van der Waals surface area contributed by atoms with Crippen molar-refractivity contribution in [2.45, 2.75) is 4.90 Å². The van der Waals surface area contributed by atoms with Crippen LogP contribution < -0.4 is 9.64 Å². The predicted octanol–water partition coefficient (Wildman–Crippen LogP) is 4.06. The summed E-state index contributed by atoms with van der Waals surface area (Å²) < 4.78 is 5.25. The first-order chi connectivity index (χ1) is 9.71. The van der Waals surface area contributed by atoms with E-state index in [1.54, 1.807) is 18.9 Å². The highest BCUT2D eigenvalue weighted by Gasteiger charge is 2.13. The number of hydrogen-bond acceptors (Lipinski definition) is 4. The Labute approximate surface area is 123 Å². The molecule has 0 aliphatic carbocycles. The number of thioether (sulfide) groups is 1. The molecule has 0 atom stereocenters. The smallest absolute Gasteiger partial charge is 0.120 e. The molecule has 0 unspecified atom stereocenters. The molecule has 4 heteroatoms. The van der Waals surface area contributed by atoms with E-state index >= 15 is 0 Å². The van der Waals surface area contributed by atoms with Crippen LogP contribution in [0, 0.1) is 11.3 Å². The first-order valence-corrected chi connectivity index (χ1v) is 7.38. The predicted molar refractivity (Wildman–Crippen MR) is 84.0 cm³/mol. The van der Waals surface area contributed by atoms with E-state index in [-0.39, 0.29) is 0 Å². The number of rotatable bonds is 4. The summed E-state index contributed by atoms with van der Waals surface area (Å²) >= 11 is 1.58. The summed E-state index contributed by atoms with van der Waals surface area (Å²) in [6.45, 7) is 0. The molecule has 3 nitrogen and oxygen atoms in total. The number of hydrogen-bond donors (Lipinski definition) is 0. The van der Waals surface area contributed by atoms with Gasteiger partial charge in [-0.2, -0.15) is 5.26 Å². The van der Waals surface area contributed by atoms with E-state index in [4.69, 9.17) is 4.74 Å². The van der Waals surface area contributed by atoms with Gasteiger partial charge >= 0.3 is 0 Å². The number of benzene rings is 2. The SMILES string of the molecule is COc1cccc(N(C)c2cccc(SC)c2C#N)c1. The highest BCUT2D eigenvalue weighted by Crippen LogP contribution is 2.33. The molecule has 0 aliphatic rings. The second-order valence-corrected chi connectivity index (χ2v) is 5.07. The summed E-state index contributed by atoms with van der Waals surface area (Å²) in [5.41, 5.74) is 2.58. The van der Waals surface area contributed by atoms with Crippen molar-refractivity contribution in [2.24, 2.45) is 0 Å². The van der Waals surface area contributed by atoms with Crippen LogP contribution in [-0.4, -0.2) is 20.4 Å². The highest BCUT2D eigenvalue weighted by atomic mass is 32.2. The maximum atomic E-state index is 9.41. The van der Waals surface area contributed by atoms with Gasteiger partial charge in [0.1, 0.15) is 11.8 Å². The average Bonchev–Trinajstić information content (AvgIpc) is 2.53. The first kappa shape index (κ1) is 14.3. The average molecular weight is 284 g/mol. The van der Waals surface area contributed by atoms with Gasteiger partial charge in [-0.15, -0.1) is 11.8 Å². The summed E-state index contributed by atoms with van der Waals surface area (Å²) in [4.78, 5) is 2.99. The molecule has 0 heterocycles. The molecule has 0 bridgehead atoms. The molecule has 102 valence electrons. The van der Waals surface area contributed by atoms with Gasteiger partial charge in [-0.1, -0.05) is 12.1 Å². The van der Waals surface area contributed by atoms with Gasteiger partial charge in [-0.25, -0.2) is 0 Å². The van der Waals surface area contributed by atoms with Crippen LogP contribution in [0.3, 0.4) is 0 Å². The molecule has 0 fully saturated rings. The van der Waals surface area contributed by atoms with Crippen LogP contribution >= 0.6 is 11.8 Å². The minimum Gasteiger partial charge on any atom is -0.497 e. The fourth-order valence-corrected chi connectivity index (χ4v) is 2.61. The van der Waals surface area contributed by atoms with Gasteiger partial charge in [-0.05, 0) is 30.5 Å². The lowest BCUT2D eigenvalue weighted by molar-refractivity contribution is 0.415. The highest BCUT2D eigenvalue weighted by molar-refractivity contribution is 7.98. The second kappa shape index (κ2) is 6.36. The van der Waals surface area contributed by atoms with Crippen molar-refractivity contribution in [3.8, 4) is 11.8 Å². The van der Waals surface area contributed by atoms with Gasteiger partial charge in [0.2, 0.25) is 0 Å². The number of nitriles is 1. The minimum atomic E-state index is 0.699. The molecule has 0 saturated carbocycles. The fraction of sp³-hybridized carbons (Fsp3) is 0.188. The van der Waals surface area contributed by atoms with Crippen LogP contribution in [0.15, 0.2) is 47.4 Å². The van der Waals surface area contributed by atoms with E-state index in [0.717, 1.165) is 22.0 Å². The van der Waals surface area contributed by atoms with Gasteiger partial charge in [-0.3, -0.25) is 0 Å². The van der Waals surface area contributed by atoms with Gasteiger partial charge < -0.3 is 9.64 Å². The topological polar surface area (TPSA) is 36.3 Å². The van der Waals surface area contributed by atoms with Crippen LogP contribution in [0.5, 0.6) is 5.75 Å². The molecule has 20 heavy (non-hydrogen) atoms. The molecule has 2 aromatic carbocycles. The third-order valence-electron chi connectivity index (χ3n) is 3.14. The van der Waals surface area contributed by atoms with Crippen molar-refractivity contribution in [1.82, 2.24) is 0 Å². The zero-order chi connectivity index (χ0) is 14.5. The van der Waals surface area contributed by atoms with Crippen molar-refractivity contribution in [3.63, 3.8) is 0 Å². The molecule has 0 aromatic heterocycles. The Kier molecular flexibility index (Phi) is 4.54. The number of ether oxygens (including phenoxy) is 1. The monoisotopic (exact) mass is 284 g/mol. The molecule has 0 radical (unpaired) electrons. The van der Waals surface area contributed by atoms with Crippen molar-refractivity contribution in [3.05, 3.63) is 48.0 Å². The lowest BCUT2D eigenvalue weighted by Crippen LogP contribution is -2.11. The molecular formula is C16H16N2OS. The zero-order valence-electron chi connectivity index (χ0n) is 11.8. The van der Waals surface area contributed by atoms with Crippen LogP contribution in [0.25, 0.3) is 0 Å². The zero-order valence-corrected chi connectivity index (χ0v) is 12.6. The summed E-state index contributed by atoms with van der Waals surface area (Å²) in [6.07, 6.45) is 1.98. The molecule has 0 amide bonds. The molecule has 0 aliphatic heterocycles. The molecule has 2 aromatic rings. The lowest BCUT2D eigenvalue weighted by atomic mass is 10.1. The van der Waals surface area contributed by atoms with Crippen LogP contribution in [0.1, 0.15) is 5.56 Å². The van der Waals surface area contributed by atoms with E-state index in [0.29, 0.717) is 5.56 Å². The van der Waals surface area contributed by atoms with Crippen LogP contribution in [0.2, 0.25) is 0 Å². The summed E-state index contributed by atoms with van der Waals surface area (Å²) in [7, 11) is 3.60. The molecule has 0 spiro atoms. The Morgan fingerprint density at radius 3 is 2.60 bits per heavy atom.